The van der Waals surface area contributed by atoms with Gasteiger partial charge in [-0.3, -0.25) is 0 Å². The van der Waals surface area contributed by atoms with Crippen LogP contribution in [-0.2, 0) is 21.3 Å². The SMILES string of the molecule is CNCc1cc(S(=O)(=O)NC2CCOC2C2CC2)c[nH]1. The van der Waals surface area contributed by atoms with Gasteiger partial charge in [0.15, 0.2) is 0 Å². The first-order chi connectivity index (χ1) is 9.60. The molecule has 0 bridgehead atoms. The minimum Gasteiger partial charge on any atom is -0.376 e. The number of sulfonamides is 1. The van der Waals surface area contributed by atoms with Gasteiger partial charge in [-0.25, -0.2) is 13.1 Å². The van der Waals surface area contributed by atoms with Crippen LogP contribution in [0.2, 0.25) is 0 Å². The molecule has 0 radical (unpaired) electrons. The van der Waals surface area contributed by atoms with Crippen LogP contribution in [0.4, 0.5) is 0 Å². The third kappa shape index (κ3) is 2.90. The van der Waals surface area contributed by atoms with Crippen LogP contribution in [0.3, 0.4) is 0 Å². The molecule has 3 N–H and O–H groups in total. The summed E-state index contributed by atoms with van der Waals surface area (Å²) < 4.78 is 33.2. The van der Waals surface area contributed by atoms with Crippen LogP contribution in [0.1, 0.15) is 25.0 Å². The number of ether oxygens (including phenoxy) is 1. The third-order valence-electron chi connectivity index (χ3n) is 3.92. The van der Waals surface area contributed by atoms with Crippen molar-refractivity contribution >= 4 is 10.0 Å². The number of H-pyrrole nitrogens is 1. The average molecular weight is 299 g/mol. The number of hydrogen-bond acceptors (Lipinski definition) is 4. The second-order valence-corrected chi connectivity index (χ2v) is 7.29. The van der Waals surface area contributed by atoms with Crippen LogP contribution in [0, 0.1) is 5.92 Å². The Kier molecular flexibility index (Phi) is 3.85. The van der Waals surface area contributed by atoms with Gasteiger partial charge >= 0.3 is 0 Å². The second-order valence-electron chi connectivity index (χ2n) is 5.58. The zero-order chi connectivity index (χ0) is 14.2. The standard InChI is InChI=1S/C13H21N3O3S/c1-14-7-10-6-11(8-15-10)20(17,18)16-12-4-5-19-13(12)9-2-3-9/h6,8-9,12-16H,2-5,7H2,1H3. The summed E-state index contributed by atoms with van der Waals surface area (Å²) in [6, 6.07) is 1.58. The Morgan fingerprint density at radius 1 is 1.40 bits per heavy atom. The molecular formula is C13H21N3O3S. The molecule has 20 heavy (non-hydrogen) atoms. The number of rotatable bonds is 6. The van der Waals surface area contributed by atoms with Crippen molar-refractivity contribution in [3.8, 4) is 0 Å². The Bertz CT molecular complexity index is 565. The summed E-state index contributed by atoms with van der Waals surface area (Å²) in [5.41, 5.74) is 0.856. The molecule has 2 atom stereocenters. The van der Waals surface area contributed by atoms with Crippen LogP contribution in [0.15, 0.2) is 17.2 Å². The lowest BCUT2D eigenvalue weighted by atomic mass is 10.1. The van der Waals surface area contributed by atoms with E-state index in [1.54, 1.807) is 6.07 Å². The largest absolute Gasteiger partial charge is 0.376 e. The fourth-order valence-electron chi connectivity index (χ4n) is 2.76. The molecule has 2 fully saturated rings. The Labute approximate surface area is 119 Å². The van der Waals surface area contributed by atoms with Gasteiger partial charge in [-0.2, -0.15) is 0 Å². The summed E-state index contributed by atoms with van der Waals surface area (Å²) in [7, 11) is -1.65. The molecule has 0 aromatic carbocycles. The highest BCUT2D eigenvalue weighted by molar-refractivity contribution is 7.89. The highest BCUT2D eigenvalue weighted by Crippen LogP contribution is 2.39. The Hall–Kier alpha value is -0.890. The molecule has 0 amide bonds. The molecule has 1 aliphatic heterocycles. The number of hydrogen-bond donors (Lipinski definition) is 3. The summed E-state index contributed by atoms with van der Waals surface area (Å²) >= 11 is 0. The van der Waals surface area contributed by atoms with Crippen LogP contribution in [0.5, 0.6) is 0 Å². The van der Waals surface area contributed by atoms with E-state index in [1.807, 2.05) is 7.05 Å². The highest BCUT2D eigenvalue weighted by Gasteiger charge is 2.42. The van der Waals surface area contributed by atoms with Crippen LogP contribution in [-0.4, -0.2) is 39.2 Å². The number of aromatic nitrogens is 1. The summed E-state index contributed by atoms with van der Waals surface area (Å²) in [5.74, 6) is 0.538. The molecule has 7 heteroatoms. The van der Waals surface area contributed by atoms with Gasteiger partial charge in [0.25, 0.3) is 0 Å². The van der Waals surface area contributed by atoms with Crippen molar-refractivity contribution in [3.05, 3.63) is 18.0 Å². The molecule has 2 aliphatic rings. The van der Waals surface area contributed by atoms with E-state index in [0.29, 0.717) is 24.0 Å². The van der Waals surface area contributed by atoms with E-state index in [-0.39, 0.29) is 12.1 Å². The normalized spacial score (nSPS) is 27.1. The van der Waals surface area contributed by atoms with Gasteiger partial charge in [0, 0.05) is 25.0 Å². The van der Waals surface area contributed by atoms with E-state index in [2.05, 4.69) is 15.0 Å². The maximum absolute atomic E-state index is 12.4. The molecule has 1 aromatic rings. The van der Waals surface area contributed by atoms with Crippen LogP contribution >= 0.6 is 0 Å². The smallest absolute Gasteiger partial charge is 0.242 e. The predicted octanol–water partition coefficient (Wildman–Crippen LogP) is 0.580. The fraction of sp³-hybridized carbons (Fsp3) is 0.692. The van der Waals surface area contributed by atoms with E-state index < -0.39 is 10.0 Å². The molecule has 1 saturated carbocycles. The Morgan fingerprint density at radius 2 is 2.20 bits per heavy atom. The van der Waals surface area contributed by atoms with Gasteiger partial charge in [0.1, 0.15) is 0 Å². The van der Waals surface area contributed by atoms with E-state index in [4.69, 9.17) is 4.74 Å². The number of nitrogens with one attached hydrogen (secondary N) is 3. The van der Waals surface area contributed by atoms with E-state index in [9.17, 15) is 8.42 Å². The Balaban J connectivity index is 1.70. The van der Waals surface area contributed by atoms with E-state index in [0.717, 1.165) is 25.0 Å². The molecule has 1 saturated heterocycles. The molecule has 2 unspecified atom stereocenters. The van der Waals surface area contributed by atoms with Crippen molar-refractivity contribution in [2.45, 2.75) is 42.8 Å². The van der Waals surface area contributed by atoms with Crippen molar-refractivity contribution in [2.75, 3.05) is 13.7 Å². The monoisotopic (exact) mass is 299 g/mol. The molecule has 3 rings (SSSR count). The van der Waals surface area contributed by atoms with Gasteiger partial charge in [0.2, 0.25) is 10.0 Å². The first kappa shape index (κ1) is 14.1. The third-order valence-corrected chi connectivity index (χ3v) is 5.39. The summed E-state index contributed by atoms with van der Waals surface area (Å²) in [6.07, 6.45) is 4.66. The van der Waals surface area contributed by atoms with Crippen molar-refractivity contribution in [2.24, 2.45) is 5.92 Å². The van der Waals surface area contributed by atoms with Gasteiger partial charge in [-0.1, -0.05) is 0 Å². The zero-order valence-corrected chi connectivity index (χ0v) is 12.4. The first-order valence-corrected chi connectivity index (χ1v) is 8.54. The second kappa shape index (κ2) is 5.48. The fourth-order valence-corrected chi connectivity index (χ4v) is 4.06. The molecule has 2 heterocycles. The molecule has 1 aliphatic carbocycles. The quantitative estimate of drug-likeness (QED) is 0.717. The van der Waals surface area contributed by atoms with E-state index in [1.165, 1.54) is 6.20 Å². The van der Waals surface area contributed by atoms with Gasteiger partial charge in [-0.05, 0) is 38.3 Å². The molecular weight excluding hydrogens is 278 g/mol. The molecule has 1 aromatic heterocycles. The first-order valence-electron chi connectivity index (χ1n) is 7.06. The minimum atomic E-state index is -3.47. The number of aromatic amines is 1. The van der Waals surface area contributed by atoms with Crippen molar-refractivity contribution < 1.29 is 13.2 Å². The lowest BCUT2D eigenvalue weighted by molar-refractivity contribution is 0.0848. The summed E-state index contributed by atoms with van der Waals surface area (Å²) in [5, 5.41) is 2.99. The Morgan fingerprint density at radius 3 is 2.90 bits per heavy atom. The summed E-state index contributed by atoms with van der Waals surface area (Å²) in [6.45, 7) is 1.26. The maximum atomic E-state index is 12.4. The van der Waals surface area contributed by atoms with E-state index >= 15 is 0 Å². The van der Waals surface area contributed by atoms with Crippen LogP contribution < -0.4 is 10.0 Å². The molecule has 0 spiro atoms. The lowest BCUT2D eigenvalue weighted by Gasteiger charge is -2.18. The van der Waals surface area contributed by atoms with Crippen molar-refractivity contribution in [1.29, 1.82) is 0 Å². The molecule has 6 nitrogen and oxygen atoms in total. The average Bonchev–Trinajstić information content (AvgIpc) is 2.95. The summed E-state index contributed by atoms with van der Waals surface area (Å²) in [4.78, 5) is 3.27. The van der Waals surface area contributed by atoms with Crippen molar-refractivity contribution in [1.82, 2.24) is 15.0 Å². The molecule has 112 valence electrons. The lowest BCUT2D eigenvalue weighted by Crippen LogP contribution is -2.41. The topological polar surface area (TPSA) is 83.2 Å². The van der Waals surface area contributed by atoms with Gasteiger partial charge in [-0.15, -0.1) is 0 Å². The highest BCUT2D eigenvalue weighted by atomic mass is 32.2. The zero-order valence-electron chi connectivity index (χ0n) is 11.6. The maximum Gasteiger partial charge on any atom is 0.242 e. The van der Waals surface area contributed by atoms with Gasteiger partial charge < -0.3 is 15.0 Å². The van der Waals surface area contributed by atoms with Crippen molar-refractivity contribution in [3.63, 3.8) is 0 Å². The van der Waals surface area contributed by atoms with Gasteiger partial charge in [0.05, 0.1) is 17.0 Å². The van der Waals surface area contributed by atoms with Crippen LogP contribution in [0.25, 0.3) is 0 Å². The predicted molar refractivity (Wildman–Crippen MR) is 74.7 cm³/mol. The minimum absolute atomic E-state index is 0.0560.